The summed E-state index contributed by atoms with van der Waals surface area (Å²) in [5.74, 6) is 0.231. The number of hydrogen-bond acceptors (Lipinski definition) is 4. The minimum absolute atomic E-state index is 0.231. The molecule has 0 bridgehead atoms. The van der Waals surface area contributed by atoms with Crippen molar-refractivity contribution in [2.45, 2.75) is 19.3 Å². The van der Waals surface area contributed by atoms with Crippen LogP contribution >= 0.6 is 0 Å². The lowest BCUT2D eigenvalue weighted by Crippen LogP contribution is -2.36. The summed E-state index contributed by atoms with van der Waals surface area (Å²) >= 11 is 0. The van der Waals surface area contributed by atoms with Crippen molar-refractivity contribution in [3.63, 3.8) is 0 Å². The van der Waals surface area contributed by atoms with Crippen LogP contribution in [0.15, 0.2) is 42.7 Å². The Balaban J connectivity index is 1.54. The lowest BCUT2D eigenvalue weighted by atomic mass is 10.0. The molecule has 0 spiro atoms. The van der Waals surface area contributed by atoms with Gasteiger partial charge in [-0.15, -0.1) is 0 Å². The van der Waals surface area contributed by atoms with Crippen LogP contribution in [0, 0.1) is 0 Å². The molecule has 2 fully saturated rings. The van der Waals surface area contributed by atoms with Gasteiger partial charge in [-0.3, -0.25) is 9.78 Å². The van der Waals surface area contributed by atoms with E-state index in [9.17, 15) is 4.79 Å². The molecule has 5 heteroatoms. The zero-order chi connectivity index (χ0) is 17.1. The fourth-order valence-corrected chi connectivity index (χ4v) is 3.49. The van der Waals surface area contributed by atoms with Gasteiger partial charge in [0, 0.05) is 43.5 Å². The molecule has 3 heterocycles. The Labute approximate surface area is 148 Å². The minimum atomic E-state index is 0.231. The highest BCUT2D eigenvalue weighted by Gasteiger charge is 2.19. The number of benzene rings is 1. The summed E-state index contributed by atoms with van der Waals surface area (Å²) in [6.45, 7) is 4.17. The van der Waals surface area contributed by atoms with Crippen molar-refractivity contribution >= 4 is 17.3 Å². The van der Waals surface area contributed by atoms with Crippen LogP contribution in [0.4, 0.5) is 11.4 Å². The number of ether oxygens (including phenoxy) is 1. The number of anilines is 2. The second kappa shape index (κ2) is 7.23. The highest BCUT2D eigenvalue weighted by atomic mass is 16.5. The van der Waals surface area contributed by atoms with Gasteiger partial charge < -0.3 is 14.5 Å². The fourth-order valence-electron chi connectivity index (χ4n) is 3.49. The number of rotatable bonds is 3. The lowest BCUT2D eigenvalue weighted by molar-refractivity contribution is -0.119. The topological polar surface area (TPSA) is 45.7 Å². The number of hydrogen-bond donors (Lipinski definition) is 0. The highest BCUT2D eigenvalue weighted by molar-refractivity contribution is 5.94. The van der Waals surface area contributed by atoms with Gasteiger partial charge in [0.15, 0.2) is 0 Å². The second-order valence-corrected chi connectivity index (χ2v) is 6.58. The number of carbonyl (C=O) groups excluding carboxylic acids is 1. The van der Waals surface area contributed by atoms with Crippen LogP contribution < -0.4 is 9.80 Å². The summed E-state index contributed by atoms with van der Waals surface area (Å²) in [7, 11) is 0. The van der Waals surface area contributed by atoms with Gasteiger partial charge in [-0.05, 0) is 36.6 Å². The predicted molar refractivity (Wildman–Crippen MR) is 98.9 cm³/mol. The summed E-state index contributed by atoms with van der Waals surface area (Å²) < 4.78 is 5.42. The molecule has 0 atom stereocenters. The van der Waals surface area contributed by atoms with Gasteiger partial charge in [0.25, 0.3) is 0 Å². The van der Waals surface area contributed by atoms with Gasteiger partial charge in [0.1, 0.15) is 0 Å². The molecule has 0 saturated carbocycles. The summed E-state index contributed by atoms with van der Waals surface area (Å²) in [5.41, 5.74) is 4.35. The van der Waals surface area contributed by atoms with E-state index in [-0.39, 0.29) is 5.91 Å². The molecular weight excluding hydrogens is 314 g/mol. The van der Waals surface area contributed by atoms with E-state index < -0.39 is 0 Å². The first-order valence-corrected chi connectivity index (χ1v) is 9.00. The second-order valence-electron chi connectivity index (χ2n) is 6.58. The van der Waals surface area contributed by atoms with Crippen molar-refractivity contribution in [3.8, 4) is 11.1 Å². The number of carbonyl (C=O) groups is 1. The molecule has 2 saturated heterocycles. The molecule has 1 aromatic carbocycles. The van der Waals surface area contributed by atoms with Crippen LogP contribution in [-0.2, 0) is 9.53 Å². The van der Waals surface area contributed by atoms with E-state index in [4.69, 9.17) is 4.74 Å². The van der Waals surface area contributed by atoms with Gasteiger partial charge in [-0.1, -0.05) is 12.1 Å². The summed E-state index contributed by atoms with van der Waals surface area (Å²) in [6.07, 6.45) is 6.56. The van der Waals surface area contributed by atoms with Crippen molar-refractivity contribution in [3.05, 3.63) is 42.7 Å². The molecule has 1 amide bonds. The van der Waals surface area contributed by atoms with Gasteiger partial charge >= 0.3 is 0 Å². The average Bonchev–Trinajstić information content (AvgIpc) is 2.69. The molecule has 2 aliphatic heterocycles. The number of amides is 1. The highest BCUT2D eigenvalue weighted by Crippen LogP contribution is 2.27. The third-order valence-electron chi connectivity index (χ3n) is 4.94. The smallest absolute Gasteiger partial charge is 0.226 e. The first kappa shape index (κ1) is 16.1. The first-order valence-electron chi connectivity index (χ1n) is 9.00. The molecular formula is C20H23N3O2. The largest absolute Gasteiger partial charge is 0.378 e. The molecule has 2 aromatic rings. The average molecular weight is 337 g/mol. The summed E-state index contributed by atoms with van der Waals surface area (Å²) in [5, 5.41) is 0. The standard InChI is InChI=1S/C20H23N3O2/c24-20-3-1-2-8-23(20)18-6-4-16(5-7-18)17-13-19(15-21-14-17)22-9-11-25-12-10-22/h4-7,13-15H,1-3,8-12H2. The predicted octanol–water partition coefficient (Wildman–Crippen LogP) is 3.10. The normalized spacial score (nSPS) is 18.5. The molecule has 0 aliphatic carbocycles. The number of aromatic nitrogens is 1. The van der Waals surface area contributed by atoms with Crippen LogP contribution in [0.5, 0.6) is 0 Å². The van der Waals surface area contributed by atoms with E-state index in [1.807, 2.05) is 29.4 Å². The molecule has 4 rings (SSSR count). The molecule has 1 aromatic heterocycles. The van der Waals surface area contributed by atoms with Gasteiger partial charge in [-0.25, -0.2) is 0 Å². The van der Waals surface area contributed by atoms with Crippen molar-refractivity contribution in [1.82, 2.24) is 4.98 Å². The van der Waals surface area contributed by atoms with Crippen molar-refractivity contribution < 1.29 is 9.53 Å². The first-order chi connectivity index (χ1) is 12.3. The number of pyridine rings is 1. The van der Waals surface area contributed by atoms with E-state index in [0.29, 0.717) is 6.42 Å². The van der Waals surface area contributed by atoms with Gasteiger partial charge in [0.2, 0.25) is 5.91 Å². The quantitative estimate of drug-likeness (QED) is 0.863. The zero-order valence-electron chi connectivity index (χ0n) is 14.4. The maximum Gasteiger partial charge on any atom is 0.226 e. The Morgan fingerprint density at radius 2 is 1.68 bits per heavy atom. The third-order valence-corrected chi connectivity index (χ3v) is 4.94. The summed E-state index contributed by atoms with van der Waals surface area (Å²) in [6, 6.07) is 10.4. The van der Waals surface area contributed by atoms with E-state index in [1.165, 1.54) is 0 Å². The maximum atomic E-state index is 12.1. The minimum Gasteiger partial charge on any atom is -0.378 e. The van der Waals surface area contributed by atoms with Crippen molar-refractivity contribution in [1.29, 1.82) is 0 Å². The molecule has 5 nitrogen and oxygen atoms in total. The molecule has 0 radical (unpaired) electrons. The maximum absolute atomic E-state index is 12.1. The van der Waals surface area contributed by atoms with Crippen molar-refractivity contribution in [2.24, 2.45) is 0 Å². The Kier molecular flexibility index (Phi) is 4.65. The van der Waals surface area contributed by atoms with E-state index in [2.05, 4.69) is 28.1 Å². The molecule has 2 aliphatic rings. The van der Waals surface area contributed by atoms with E-state index in [1.54, 1.807) is 0 Å². The molecule has 25 heavy (non-hydrogen) atoms. The SMILES string of the molecule is O=C1CCCCN1c1ccc(-c2cncc(N3CCOCC3)c2)cc1. The zero-order valence-corrected chi connectivity index (χ0v) is 14.4. The fraction of sp³-hybridized carbons (Fsp3) is 0.400. The van der Waals surface area contributed by atoms with E-state index >= 15 is 0 Å². The Bertz CT molecular complexity index is 739. The van der Waals surface area contributed by atoms with Crippen LogP contribution in [0.25, 0.3) is 11.1 Å². The number of nitrogens with zero attached hydrogens (tertiary/aromatic N) is 3. The van der Waals surface area contributed by atoms with Crippen LogP contribution in [-0.4, -0.2) is 43.7 Å². The van der Waals surface area contributed by atoms with E-state index in [0.717, 1.165) is 68.2 Å². The number of morpholine rings is 1. The summed E-state index contributed by atoms with van der Waals surface area (Å²) in [4.78, 5) is 20.7. The van der Waals surface area contributed by atoms with Crippen molar-refractivity contribution in [2.75, 3.05) is 42.6 Å². The monoisotopic (exact) mass is 337 g/mol. The van der Waals surface area contributed by atoms with Gasteiger partial charge in [-0.2, -0.15) is 0 Å². The Morgan fingerprint density at radius 3 is 2.44 bits per heavy atom. The van der Waals surface area contributed by atoms with Crippen LogP contribution in [0.1, 0.15) is 19.3 Å². The third kappa shape index (κ3) is 3.51. The number of piperidine rings is 1. The van der Waals surface area contributed by atoms with Crippen LogP contribution in [0.3, 0.4) is 0 Å². The lowest BCUT2D eigenvalue weighted by Gasteiger charge is -2.29. The Morgan fingerprint density at radius 1 is 0.880 bits per heavy atom. The van der Waals surface area contributed by atoms with Crippen LogP contribution in [0.2, 0.25) is 0 Å². The Hall–Kier alpha value is -2.40. The molecule has 0 N–H and O–H groups in total. The van der Waals surface area contributed by atoms with Gasteiger partial charge in [0.05, 0.1) is 25.1 Å². The molecule has 130 valence electrons. The molecule has 0 unspecified atom stereocenters.